The smallest absolute Gasteiger partial charge is 0.408 e. The maximum atomic E-state index is 14.0. The molecule has 0 aliphatic heterocycles. The summed E-state index contributed by atoms with van der Waals surface area (Å²) in [5.74, 6) is -1.44. The van der Waals surface area contributed by atoms with Crippen molar-refractivity contribution in [3.05, 3.63) is 71.3 Å². The van der Waals surface area contributed by atoms with Gasteiger partial charge in [0.05, 0.1) is 0 Å². The highest BCUT2D eigenvalue weighted by molar-refractivity contribution is 5.92. The van der Waals surface area contributed by atoms with E-state index in [0.717, 1.165) is 17.5 Å². The number of alkyl carbamates (subject to hydrolysis) is 1. The number of aryl methyl sites for hydroxylation is 1. The Hall–Kier alpha value is -3.88. The van der Waals surface area contributed by atoms with Crippen LogP contribution >= 0.6 is 0 Å². The molecule has 0 saturated heterocycles. The minimum atomic E-state index is -1.11. The van der Waals surface area contributed by atoms with Crippen LogP contribution in [0, 0.1) is 6.92 Å². The standard InChI is InChI=1S/C30H42N4O5/c1-6-7-19-34(28(37)24(17-18-25(31)35)33-29(38)39-30(3,4)5)26(23-15-13-21(2)14-16-23)27(36)32-20-22-11-9-8-10-12-22/h8-16,24,26H,6-7,17-20H2,1-5H3,(H2,31,35)(H,32,36)(H,33,38). The Bertz CT molecular complexity index is 1100. The maximum Gasteiger partial charge on any atom is 0.408 e. The molecule has 2 rings (SSSR count). The SMILES string of the molecule is CCCCN(C(=O)C(CCC(N)=O)NC(=O)OC(C)(C)C)C(C(=O)NCc1ccccc1)c1ccc(C)cc1. The lowest BCUT2D eigenvalue weighted by molar-refractivity contribution is -0.143. The fraction of sp³-hybridized carbons (Fsp3) is 0.467. The van der Waals surface area contributed by atoms with Gasteiger partial charge in [0.25, 0.3) is 0 Å². The highest BCUT2D eigenvalue weighted by atomic mass is 16.6. The summed E-state index contributed by atoms with van der Waals surface area (Å²) in [6.45, 7) is 9.64. The molecule has 2 atom stereocenters. The van der Waals surface area contributed by atoms with Gasteiger partial charge in [-0.2, -0.15) is 0 Å². The first kappa shape index (κ1) is 31.3. The van der Waals surface area contributed by atoms with Crippen LogP contribution in [-0.2, 0) is 25.7 Å². The highest BCUT2D eigenvalue weighted by Gasteiger charge is 2.36. The third-order valence-electron chi connectivity index (χ3n) is 5.97. The Morgan fingerprint density at radius 2 is 1.64 bits per heavy atom. The summed E-state index contributed by atoms with van der Waals surface area (Å²) in [5, 5.41) is 5.57. The molecule has 0 bridgehead atoms. The second-order valence-corrected chi connectivity index (χ2v) is 10.6. The van der Waals surface area contributed by atoms with Crippen molar-refractivity contribution in [1.29, 1.82) is 0 Å². The van der Waals surface area contributed by atoms with Crippen molar-refractivity contribution in [2.75, 3.05) is 6.54 Å². The molecule has 2 aromatic carbocycles. The normalized spacial score (nSPS) is 12.6. The van der Waals surface area contributed by atoms with Gasteiger partial charge < -0.3 is 26.0 Å². The molecular weight excluding hydrogens is 496 g/mol. The average Bonchev–Trinajstić information content (AvgIpc) is 2.87. The molecule has 9 nitrogen and oxygen atoms in total. The number of unbranched alkanes of at least 4 members (excludes halogenated alkanes) is 1. The molecule has 0 radical (unpaired) electrons. The maximum absolute atomic E-state index is 14.0. The summed E-state index contributed by atoms with van der Waals surface area (Å²) in [5.41, 5.74) is 7.16. The van der Waals surface area contributed by atoms with Gasteiger partial charge in [-0.15, -0.1) is 0 Å². The second kappa shape index (κ2) is 14.9. The Morgan fingerprint density at radius 1 is 1.00 bits per heavy atom. The van der Waals surface area contributed by atoms with Gasteiger partial charge in [-0.1, -0.05) is 73.5 Å². The van der Waals surface area contributed by atoms with Crippen LogP contribution < -0.4 is 16.4 Å². The third kappa shape index (κ3) is 10.8. The van der Waals surface area contributed by atoms with Gasteiger partial charge in [0.2, 0.25) is 17.7 Å². The molecule has 0 saturated carbocycles. The number of nitrogens with two attached hydrogens (primary N) is 1. The fourth-order valence-corrected chi connectivity index (χ4v) is 3.99. The average molecular weight is 539 g/mol. The highest BCUT2D eigenvalue weighted by Crippen LogP contribution is 2.25. The van der Waals surface area contributed by atoms with Crippen molar-refractivity contribution in [3.8, 4) is 0 Å². The van der Waals surface area contributed by atoms with E-state index in [1.54, 1.807) is 20.8 Å². The Kier molecular flexibility index (Phi) is 12.0. The van der Waals surface area contributed by atoms with Crippen LogP contribution in [0.5, 0.6) is 0 Å². The Labute approximate surface area is 231 Å². The van der Waals surface area contributed by atoms with E-state index in [9.17, 15) is 19.2 Å². The van der Waals surface area contributed by atoms with Crippen LogP contribution in [0.1, 0.15) is 76.1 Å². The van der Waals surface area contributed by atoms with Gasteiger partial charge in [0, 0.05) is 19.5 Å². The van der Waals surface area contributed by atoms with Gasteiger partial charge in [-0.3, -0.25) is 14.4 Å². The number of nitrogens with one attached hydrogen (secondary N) is 2. The van der Waals surface area contributed by atoms with Crippen LogP contribution in [-0.4, -0.2) is 46.9 Å². The van der Waals surface area contributed by atoms with Gasteiger partial charge in [0.1, 0.15) is 17.7 Å². The van der Waals surface area contributed by atoms with Crippen LogP contribution in [0.4, 0.5) is 4.79 Å². The van der Waals surface area contributed by atoms with Crippen molar-refractivity contribution in [2.45, 2.75) is 84.5 Å². The second-order valence-electron chi connectivity index (χ2n) is 10.6. The number of ether oxygens (including phenoxy) is 1. The predicted molar refractivity (Wildman–Crippen MR) is 150 cm³/mol. The zero-order valence-corrected chi connectivity index (χ0v) is 23.7. The number of hydrogen-bond acceptors (Lipinski definition) is 5. The molecule has 2 unspecified atom stereocenters. The summed E-state index contributed by atoms with van der Waals surface area (Å²) in [6.07, 6.45) is 0.475. The van der Waals surface area contributed by atoms with Crippen LogP contribution in [0.3, 0.4) is 0 Å². The van der Waals surface area contributed by atoms with Crippen molar-refractivity contribution in [3.63, 3.8) is 0 Å². The molecule has 4 N–H and O–H groups in total. The first-order chi connectivity index (χ1) is 18.4. The van der Waals surface area contributed by atoms with Gasteiger partial charge >= 0.3 is 6.09 Å². The fourth-order valence-electron chi connectivity index (χ4n) is 3.99. The molecule has 0 aliphatic rings. The Morgan fingerprint density at radius 3 is 2.21 bits per heavy atom. The number of nitrogens with zero attached hydrogens (tertiary/aromatic N) is 1. The lowest BCUT2D eigenvalue weighted by Crippen LogP contribution is -2.53. The van der Waals surface area contributed by atoms with Crippen molar-refractivity contribution in [2.24, 2.45) is 5.73 Å². The molecule has 0 spiro atoms. The lowest BCUT2D eigenvalue weighted by atomic mass is 10.00. The molecule has 4 amide bonds. The quantitative estimate of drug-likeness (QED) is 0.353. The molecule has 2 aromatic rings. The summed E-state index contributed by atoms with van der Waals surface area (Å²) in [6, 6.07) is 14.9. The molecule has 0 fully saturated rings. The van der Waals surface area contributed by atoms with Crippen molar-refractivity contribution in [1.82, 2.24) is 15.5 Å². The summed E-state index contributed by atoms with van der Waals surface area (Å²) in [7, 11) is 0. The van der Waals surface area contributed by atoms with Gasteiger partial charge in [-0.05, 0) is 51.7 Å². The van der Waals surface area contributed by atoms with E-state index in [1.165, 1.54) is 4.90 Å². The minimum Gasteiger partial charge on any atom is -0.444 e. The van der Waals surface area contributed by atoms with Crippen LogP contribution in [0.2, 0.25) is 0 Å². The number of hydrogen-bond donors (Lipinski definition) is 3. The minimum absolute atomic E-state index is 0.0255. The van der Waals surface area contributed by atoms with E-state index in [0.29, 0.717) is 18.5 Å². The Balaban J connectivity index is 2.45. The number of benzene rings is 2. The molecule has 39 heavy (non-hydrogen) atoms. The number of amides is 4. The van der Waals surface area contributed by atoms with E-state index in [-0.39, 0.29) is 25.3 Å². The predicted octanol–water partition coefficient (Wildman–Crippen LogP) is 4.14. The van der Waals surface area contributed by atoms with E-state index < -0.39 is 35.6 Å². The first-order valence-electron chi connectivity index (χ1n) is 13.4. The zero-order valence-electron chi connectivity index (χ0n) is 23.7. The monoisotopic (exact) mass is 538 g/mol. The largest absolute Gasteiger partial charge is 0.444 e. The lowest BCUT2D eigenvalue weighted by Gasteiger charge is -2.34. The molecule has 9 heteroatoms. The van der Waals surface area contributed by atoms with E-state index >= 15 is 0 Å². The van der Waals surface area contributed by atoms with Crippen LogP contribution in [0.15, 0.2) is 54.6 Å². The summed E-state index contributed by atoms with van der Waals surface area (Å²) in [4.78, 5) is 53.5. The molecule has 0 aromatic heterocycles. The van der Waals surface area contributed by atoms with E-state index in [2.05, 4.69) is 10.6 Å². The van der Waals surface area contributed by atoms with Gasteiger partial charge in [-0.25, -0.2) is 4.79 Å². The van der Waals surface area contributed by atoms with Crippen molar-refractivity contribution < 1.29 is 23.9 Å². The number of carbonyl (C=O) groups is 4. The number of primary amides is 1. The zero-order chi connectivity index (χ0) is 29.0. The molecule has 0 aliphatic carbocycles. The third-order valence-corrected chi connectivity index (χ3v) is 5.97. The number of rotatable bonds is 13. The summed E-state index contributed by atoms with van der Waals surface area (Å²) >= 11 is 0. The molecule has 212 valence electrons. The van der Waals surface area contributed by atoms with Gasteiger partial charge in [0.15, 0.2) is 0 Å². The van der Waals surface area contributed by atoms with Crippen LogP contribution in [0.25, 0.3) is 0 Å². The molecular formula is C30H42N4O5. The number of carbonyl (C=O) groups excluding carboxylic acids is 4. The van der Waals surface area contributed by atoms with E-state index in [4.69, 9.17) is 10.5 Å². The molecule has 0 heterocycles. The van der Waals surface area contributed by atoms with E-state index in [1.807, 2.05) is 68.4 Å². The topological polar surface area (TPSA) is 131 Å². The van der Waals surface area contributed by atoms with Crippen molar-refractivity contribution >= 4 is 23.8 Å². The summed E-state index contributed by atoms with van der Waals surface area (Å²) < 4.78 is 5.36. The first-order valence-corrected chi connectivity index (χ1v) is 13.4.